The maximum atomic E-state index is 13.0. The van der Waals surface area contributed by atoms with Crippen LogP contribution in [0.2, 0.25) is 0 Å². The minimum Gasteiger partial charge on any atom is -0.382 e. The summed E-state index contributed by atoms with van der Waals surface area (Å²) < 4.78 is 13.0. The van der Waals surface area contributed by atoms with Crippen molar-refractivity contribution in [2.45, 2.75) is 18.6 Å². The van der Waals surface area contributed by atoms with E-state index < -0.39 is 0 Å². The SMILES string of the molecule is CCSc1nc(N)c2c(n1)N(Cc1ccc(F)cc1)CN2. The predicted molar refractivity (Wildman–Crippen MR) is 83.9 cm³/mol. The van der Waals surface area contributed by atoms with Crippen molar-refractivity contribution in [3.63, 3.8) is 0 Å². The minimum absolute atomic E-state index is 0.230. The van der Waals surface area contributed by atoms with Crippen LogP contribution >= 0.6 is 11.8 Å². The molecule has 1 aliphatic heterocycles. The third-order valence-electron chi connectivity index (χ3n) is 3.20. The Morgan fingerprint density at radius 3 is 2.81 bits per heavy atom. The van der Waals surface area contributed by atoms with E-state index in [1.165, 1.54) is 12.1 Å². The van der Waals surface area contributed by atoms with Gasteiger partial charge in [0.1, 0.15) is 11.5 Å². The Bertz CT molecular complexity index is 647. The number of benzene rings is 1. The zero-order valence-electron chi connectivity index (χ0n) is 11.6. The summed E-state index contributed by atoms with van der Waals surface area (Å²) >= 11 is 1.56. The highest BCUT2D eigenvalue weighted by Gasteiger charge is 2.24. The number of nitrogens with one attached hydrogen (secondary N) is 1. The first-order chi connectivity index (χ1) is 10.2. The molecule has 0 aliphatic carbocycles. The lowest BCUT2D eigenvalue weighted by Gasteiger charge is -2.17. The highest BCUT2D eigenvalue weighted by atomic mass is 32.2. The van der Waals surface area contributed by atoms with E-state index >= 15 is 0 Å². The number of halogens is 1. The van der Waals surface area contributed by atoms with Gasteiger partial charge in [-0.3, -0.25) is 0 Å². The Morgan fingerprint density at radius 2 is 2.10 bits per heavy atom. The third-order valence-corrected chi connectivity index (χ3v) is 3.93. The number of nitrogens with zero attached hydrogens (tertiary/aromatic N) is 3. The predicted octanol–water partition coefficient (Wildman–Crippen LogP) is 2.70. The van der Waals surface area contributed by atoms with Crippen LogP contribution in [0.4, 0.5) is 21.7 Å². The summed E-state index contributed by atoms with van der Waals surface area (Å²) in [5, 5.41) is 3.89. The second-order valence-electron chi connectivity index (χ2n) is 4.68. The highest BCUT2D eigenvalue weighted by molar-refractivity contribution is 7.99. The first-order valence-corrected chi connectivity index (χ1v) is 7.69. The summed E-state index contributed by atoms with van der Waals surface area (Å²) in [5.74, 6) is 1.94. The standard InChI is InChI=1S/C14H16FN5S/c1-2-21-14-18-12(16)11-13(19-14)20(8-17-11)7-9-3-5-10(15)6-4-9/h3-6,17H,2,7-8H2,1H3,(H2,16,18,19). The van der Waals surface area contributed by atoms with Crippen LogP contribution < -0.4 is 16.0 Å². The topological polar surface area (TPSA) is 67.1 Å². The van der Waals surface area contributed by atoms with Gasteiger partial charge in [-0.2, -0.15) is 0 Å². The molecule has 5 nitrogen and oxygen atoms in total. The summed E-state index contributed by atoms with van der Waals surface area (Å²) in [6, 6.07) is 6.48. The monoisotopic (exact) mass is 305 g/mol. The largest absolute Gasteiger partial charge is 0.382 e. The number of hydrogen-bond acceptors (Lipinski definition) is 6. The lowest BCUT2D eigenvalue weighted by atomic mass is 10.2. The van der Waals surface area contributed by atoms with E-state index in [4.69, 9.17) is 5.73 Å². The first-order valence-electron chi connectivity index (χ1n) is 6.71. The molecule has 0 unspecified atom stereocenters. The van der Waals surface area contributed by atoms with E-state index in [1.54, 1.807) is 23.9 Å². The molecule has 0 radical (unpaired) electrons. The van der Waals surface area contributed by atoms with Crippen molar-refractivity contribution in [3.8, 4) is 0 Å². The van der Waals surface area contributed by atoms with Gasteiger partial charge < -0.3 is 16.0 Å². The molecule has 0 amide bonds. The number of rotatable bonds is 4. The van der Waals surface area contributed by atoms with Crippen molar-refractivity contribution in [3.05, 3.63) is 35.6 Å². The van der Waals surface area contributed by atoms with E-state index in [2.05, 4.69) is 20.2 Å². The maximum absolute atomic E-state index is 13.0. The molecule has 1 aromatic carbocycles. The lowest BCUT2D eigenvalue weighted by molar-refractivity contribution is 0.626. The van der Waals surface area contributed by atoms with Crippen LogP contribution in [0, 0.1) is 5.82 Å². The Morgan fingerprint density at radius 1 is 1.33 bits per heavy atom. The molecule has 1 aliphatic rings. The van der Waals surface area contributed by atoms with E-state index in [0.717, 1.165) is 22.8 Å². The Balaban J connectivity index is 1.86. The van der Waals surface area contributed by atoms with Gasteiger partial charge in [0, 0.05) is 6.54 Å². The van der Waals surface area contributed by atoms with Gasteiger partial charge in [-0.15, -0.1) is 0 Å². The average molecular weight is 305 g/mol. The molecule has 2 heterocycles. The number of nitrogen functional groups attached to an aromatic ring is 1. The van der Waals surface area contributed by atoms with E-state index in [-0.39, 0.29) is 5.82 Å². The van der Waals surface area contributed by atoms with E-state index in [0.29, 0.717) is 24.2 Å². The molecule has 110 valence electrons. The van der Waals surface area contributed by atoms with Gasteiger partial charge in [0.05, 0.1) is 6.67 Å². The highest BCUT2D eigenvalue weighted by Crippen LogP contribution is 2.35. The molecule has 0 saturated heterocycles. The molecule has 1 aromatic heterocycles. The average Bonchev–Trinajstić information content (AvgIpc) is 2.86. The summed E-state index contributed by atoms with van der Waals surface area (Å²) in [6.45, 7) is 3.31. The third kappa shape index (κ3) is 2.87. The molecule has 3 rings (SSSR count). The van der Waals surface area contributed by atoms with Crippen molar-refractivity contribution in [1.29, 1.82) is 0 Å². The number of thioether (sulfide) groups is 1. The molecule has 2 aromatic rings. The molecule has 21 heavy (non-hydrogen) atoms. The van der Waals surface area contributed by atoms with Crippen LogP contribution in [0.5, 0.6) is 0 Å². The fourth-order valence-electron chi connectivity index (χ4n) is 2.23. The summed E-state index contributed by atoms with van der Waals surface area (Å²) in [6.07, 6.45) is 0. The van der Waals surface area contributed by atoms with Crippen LogP contribution in [-0.2, 0) is 6.54 Å². The fourth-order valence-corrected chi connectivity index (χ4v) is 2.80. The van der Waals surface area contributed by atoms with Crippen molar-refractivity contribution in [2.24, 2.45) is 0 Å². The normalized spacial score (nSPS) is 13.1. The van der Waals surface area contributed by atoms with Gasteiger partial charge in [-0.1, -0.05) is 30.8 Å². The van der Waals surface area contributed by atoms with Gasteiger partial charge in [0.2, 0.25) is 0 Å². The maximum Gasteiger partial charge on any atom is 0.191 e. The number of fused-ring (bicyclic) bond motifs is 1. The zero-order valence-corrected chi connectivity index (χ0v) is 12.5. The molecule has 0 fully saturated rings. The van der Waals surface area contributed by atoms with Gasteiger partial charge in [0.25, 0.3) is 0 Å². The molecule has 0 spiro atoms. The molecule has 0 saturated carbocycles. The van der Waals surface area contributed by atoms with Gasteiger partial charge in [-0.25, -0.2) is 14.4 Å². The second kappa shape index (κ2) is 5.77. The quantitative estimate of drug-likeness (QED) is 0.669. The Kier molecular flexibility index (Phi) is 3.83. The van der Waals surface area contributed by atoms with Crippen molar-refractivity contribution in [1.82, 2.24) is 9.97 Å². The van der Waals surface area contributed by atoms with Crippen molar-refractivity contribution < 1.29 is 4.39 Å². The summed E-state index contributed by atoms with van der Waals surface area (Å²) in [7, 11) is 0. The number of aromatic nitrogens is 2. The fraction of sp³-hybridized carbons (Fsp3) is 0.286. The number of nitrogens with two attached hydrogens (primary N) is 1. The molecule has 0 atom stereocenters. The number of hydrogen-bond donors (Lipinski definition) is 2. The molecule has 7 heteroatoms. The smallest absolute Gasteiger partial charge is 0.191 e. The van der Waals surface area contributed by atoms with E-state index in [1.807, 2.05) is 6.92 Å². The van der Waals surface area contributed by atoms with Gasteiger partial charge in [-0.05, 0) is 23.4 Å². The molecule has 0 bridgehead atoms. The van der Waals surface area contributed by atoms with Crippen LogP contribution in [0.15, 0.2) is 29.4 Å². The second-order valence-corrected chi connectivity index (χ2v) is 5.91. The molecular weight excluding hydrogens is 289 g/mol. The van der Waals surface area contributed by atoms with Gasteiger partial charge in [0.15, 0.2) is 16.8 Å². The lowest BCUT2D eigenvalue weighted by Crippen LogP contribution is -2.22. The van der Waals surface area contributed by atoms with Crippen LogP contribution in [0.1, 0.15) is 12.5 Å². The van der Waals surface area contributed by atoms with Crippen molar-refractivity contribution in [2.75, 3.05) is 28.4 Å². The van der Waals surface area contributed by atoms with Gasteiger partial charge >= 0.3 is 0 Å². The van der Waals surface area contributed by atoms with E-state index in [9.17, 15) is 4.39 Å². The molecular formula is C14H16FN5S. The zero-order chi connectivity index (χ0) is 14.8. The van der Waals surface area contributed by atoms with Crippen molar-refractivity contribution >= 4 is 29.1 Å². The Hall–Kier alpha value is -2.02. The first kappa shape index (κ1) is 13.9. The van der Waals surface area contributed by atoms with Crippen LogP contribution in [0.25, 0.3) is 0 Å². The van der Waals surface area contributed by atoms with Crippen LogP contribution in [-0.4, -0.2) is 22.4 Å². The minimum atomic E-state index is -0.230. The number of anilines is 3. The summed E-state index contributed by atoms with van der Waals surface area (Å²) in [4.78, 5) is 10.9. The summed E-state index contributed by atoms with van der Waals surface area (Å²) in [5.41, 5.74) is 7.77. The Labute approximate surface area is 126 Å². The van der Waals surface area contributed by atoms with Crippen LogP contribution in [0.3, 0.4) is 0 Å². The molecule has 3 N–H and O–H groups in total.